The Hall–Kier alpha value is -3.51. The molecule has 2 aliphatic heterocycles. The Morgan fingerprint density at radius 3 is 2.09 bits per heavy atom. The van der Waals surface area contributed by atoms with E-state index in [2.05, 4.69) is 0 Å². The topological polar surface area (TPSA) is 238 Å². The number of aliphatic hydroxyl groups is 7. The zero-order valence-electron chi connectivity index (χ0n) is 22.9. The summed E-state index contributed by atoms with van der Waals surface area (Å²) in [6, 6.07) is 6.94. The van der Waals surface area contributed by atoms with Crippen molar-refractivity contribution in [2.24, 2.45) is 0 Å². The first-order valence-electron chi connectivity index (χ1n) is 13.3. The van der Waals surface area contributed by atoms with Crippen LogP contribution in [-0.4, -0.2) is 116 Å². The number of rotatable bonds is 7. The minimum atomic E-state index is -1.64. The molecule has 8 N–H and O–H groups in total. The van der Waals surface area contributed by atoms with Crippen LogP contribution in [0.5, 0.6) is 23.0 Å². The first-order valence-corrected chi connectivity index (χ1v) is 13.3. The van der Waals surface area contributed by atoms with E-state index in [1.54, 1.807) is 0 Å². The summed E-state index contributed by atoms with van der Waals surface area (Å²) < 4.78 is 33.1. The monoisotopic (exact) mass is 608 g/mol. The van der Waals surface area contributed by atoms with E-state index < -0.39 is 79.2 Å². The quantitative estimate of drug-likeness (QED) is 0.153. The number of ether oxygens (including phenoxy) is 5. The number of benzene rings is 2. The molecule has 2 aromatic carbocycles. The van der Waals surface area contributed by atoms with Gasteiger partial charge in [-0.15, -0.1) is 0 Å². The summed E-state index contributed by atoms with van der Waals surface area (Å²) in [6.07, 6.45) is -13.1. The molecule has 10 unspecified atom stereocenters. The lowest BCUT2D eigenvalue weighted by Gasteiger charge is -2.39. The maximum absolute atomic E-state index is 13.5. The predicted molar refractivity (Wildman–Crippen MR) is 144 cm³/mol. The molecule has 15 heteroatoms. The van der Waals surface area contributed by atoms with Gasteiger partial charge >= 0.3 is 0 Å². The zero-order valence-corrected chi connectivity index (χ0v) is 22.9. The highest BCUT2D eigenvalue weighted by atomic mass is 16.7. The molecule has 3 heterocycles. The molecular weight excluding hydrogens is 576 g/mol. The van der Waals surface area contributed by atoms with Crippen molar-refractivity contribution in [1.29, 1.82) is 0 Å². The normalized spacial score (nSPS) is 32.9. The Morgan fingerprint density at radius 1 is 0.837 bits per heavy atom. The van der Waals surface area contributed by atoms with Crippen molar-refractivity contribution in [1.82, 2.24) is 0 Å². The Balaban J connectivity index is 1.41. The zero-order chi connectivity index (χ0) is 31.2. The molecular formula is C28H32O15. The van der Waals surface area contributed by atoms with Crippen LogP contribution in [0, 0.1) is 0 Å². The van der Waals surface area contributed by atoms with E-state index in [-0.39, 0.29) is 33.8 Å². The lowest BCUT2D eigenvalue weighted by atomic mass is 9.99. The number of aromatic hydroxyl groups is 1. The van der Waals surface area contributed by atoms with E-state index in [0.29, 0.717) is 5.56 Å². The lowest BCUT2D eigenvalue weighted by Crippen LogP contribution is -2.60. The van der Waals surface area contributed by atoms with Crippen molar-refractivity contribution in [2.45, 2.75) is 68.3 Å². The largest absolute Gasteiger partial charge is 0.507 e. The number of phenolic OH excluding ortho intramolecular Hbond substituents is 1. The molecule has 0 aliphatic carbocycles. The van der Waals surface area contributed by atoms with Crippen molar-refractivity contribution in [3.63, 3.8) is 0 Å². The summed E-state index contributed by atoms with van der Waals surface area (Å²) in [5.74, 6) is -0.645. The summed E-state index contributed by atoms with van der Waals surface area (Å²) in [7, 11) is 1.26. The molecule has 234 valence electrons. The molecule has 0 radical (unpaired) electrons. The highest BCUT2D eigenvalue weighted by Gasteiger charge is 2.45. The molecule has 2 aliphatic rings. The maximum Gasteiger partial charge on any atom is 0.229 e. The average molecular weight is 609 g/mol. The Kier molecular flexibility index (Phi) is 8.80. The van der Waals surface area contributed by atoms with Gasteiger partial charge in [0.1, 0.15) is 65.9 Å². The van der Waals surface area contributed by atoms with Crippen LogP contribution in [-0.2, 0) is 9.47 Å². The molecule has 0 spiro atoms. The first kappa shape index (κ1) is 30.9. The highest BCUT2D eigenvalue weighted by molar-refractivity contribution is 5.93. The molecule has 3 aromatic rings. The van der Waals surface area contributed by atoms with Crippen molar-refractivity contribution in [2.75, 3.05) is 13.7 Å². The van der Waals surface area contributed by atoms with E-state index in [1.807, 2.05) is 0 Å². The van der Waals surface area contributed by atoms with Gasteiger partial charge in [-0.2, -0.15) is 0 Å². The van der Waals surface area contributed by atoms with Gasteiger partial charge in [0.25, 0.3) is 0 Å². The van der Waals surface area contributed by atoms with Crippen LogP contribution in [0.2, 0.25) is 0 Å². The molecule has 5 rings (SSSR count). The smallest absolute Gasteiger partial charge is 0.229 e. The number of fused-ring (bicyclic) bond motifs is 1. The SMILES string of the molecule is COc1c(OC2OC(C)C(O)C(O)C2O)cc(O)c2c(=O)c(-c3ccc(OC4OC(CO)C(O)C(O)C4O)cc3)coc12. The second-order valence-electron chi connectivity index (χ2n) is 10.2. The second-order valence-corrected chi connectivity index (χ2v) is 10.2. The summed E-state index contributed by atoms with van der Waals surface area (Å²) in [6.45, 7) is 0.856. The maximum atomic E-state index is 13.5. The van der Waals surface area contributed by atoms with Crippen molar-refractivity contribution in [3.8, 4) is 34.1 Å². The molecule has 10 atom stereocenters. The molecule has 2 saturated heterocycles. The van der Waals surface area contributed by atoms with Crippen LogP contribution in [0.25, 0.3) is 22.1 Å². The van der Waals surface area contributed by atoms with Crippen molar-refractivity contribution < 1.29 is 69.0 Å². The molecule has 2 fully saturated rings. The molecule has 1 aromatic heterocycles. The number of methoxy groups -OCH3 is 1. The number of hydrogen-bond acceptors (Lipinski definition) is 15. The fourth-order valence-electron chi connectivity index (χ4n) is 4.97. The first-order chi connectivity index (χ1) is 20.5. The van der Waals surface area contributed by atoms with E-state index in [1.165, 1.54) is 38.3 Å². The third-order valence-electron chi connectivity index (χ3n) is 7.47. The average Bonchev–Trinajstić information content (AvgIpc) is 2.99. The fourth-order valence-corrected chi connectivity index (χ4v) is 4.97. The van der Waals surface area contributed by atoms with Gasteiger partial charge in [-0.1, -0.05) is 12.1 Å². The minimum Gasteiger partial charge on any atom is -0.507 e. The second kappa shape index (κ2) is 12.2. The van der Waals surface area contributed by atoms with E-state index in [4.69, 9.17) is 28.1 Å². The lowest BCUT2D eigenvalue weighted by molar-refractivity contribution is -0.277. The summed E-state index contributed by atoms with van der Waals surface area (Å²) in [5, 5.41) is 80.3. The van der Waals surface area contributed by atoms with Crippen LogP contribution in [0.1, 0.15) is 6.92 Å². The fraction of sp³-hybridized carbons (Fsp3) is 0.464. The standard InChI is InChI=1S/C28H32O15/c1-10-18(31)21(34)23(36)27(40-10)42-15-7-14(30)17-19(32)13(9-39-26(17)25(15)38-2)11-3-5-12(6-4-11)41-28-24(37)22(35)20(33)16(8-29)43-28/h3-7,9-10,16,18,20-24,27-31,33-37H,8H2,1-2H3. The summed E-state index contributed by atoms with van der Waals surface area (Å²) in [4.78, 5) is 13.5. The van der Waals surface area contributed by atoms with Gasteiger partial charge in [-0.05, 0) is 24.6 Å². The molecule has 0 amide bonds. The Morgan fingerprint density at radius 2 is 1.47 bits per heavy atom. The van der Waals surface area contributed by atoms with Gasteiger partial charge in [0.05, 0.1) is 25.4 Å². The van der Waals surface area contributed by atoms with E-state index in [0.717, 1.165) is 12.3 Å². The van der Waals surface area contributed by atoms with Crippen molar-refractivity contribution >= 4 is 11.0 Å². The van der Waals surface area contributed by atoms with E-state index >= 15 is 0 Å². The van der Waals surface area contributed by atoms with Crippen LogP contribution < -0.4 is 19.6 Å². The van der Waals surface area contributed by atoms with Gasteiger partial charge in [0.2, 0.25) is 23.8 Å². The molecule has 0 bridgehead atoms. The van der Waals surface area contributed by atoms with Gasteiger partial charge in [0.15, 0.2) is 11.3 Å². The third-order valence-corrected chi connectivity index (χ3v) is 7.47. The number of aliphatic hydroxyl groups excluding tert-OH is 7. The van der Waals surface area contributed by atoms with Gasteiger partial charge in [0, 0.05) is 6.07 Å². The molecule has 0 saturated carbocycles. The predicted octanol–water partition coefficient (Wildman–Crippen LogP) is -1.44. The van der Waals surface area contributed by atoms with Gasteiger partial charge < -0.3 is 69.0 Å². The Bertz CT molecular complexity index is 1490. The van der Waals surface area contributed by atoms with Crippen LogP contribution in [0.4, 0.5) is 0 Å². The van der Waals surface area contributed by atoms with Gasteiger partial charge in [-0.25, -0.2) is 0 Å². The van der Waals surface area contributed by atoms with Crippen LogP contribution in [0.15, 0.2) is 45.8 Å². The molecule has 15 nitrogen and oxygen atoms in total. The summed E-state index contributed by atoms with van der Waals surface area (Å²) >= 11 is 0. The Labute approximate surface area is 243 Å². The minimum absolute atomic E-state index is 0.0508. The summed E-state index contributed by atoms with van der Waals surface area (Å²) in [5.41, 5.74) is -0.397. The number of phenols is 1. The van der Waals surface area contributed by atoms with Crippen LogP contribution >= 0.6 is 0 Å². The third kappa shape index (κ3) is 5.62. The van der Waals surface area contributed by atoms with Crippen molar-refractivity contribution in [3.05, 3.63) is 46.8 Å². The van der Waals surface area contributed by atoms with E-state index in [9.17, 15) is 45.6 Å². The number of hydrogen-bond donors (Lipinski definition) is 8. The van der Waals surface area contributed by atoms with Crippen LogP contribution in [0.3, 0.4) is 0 Å². The highest BCUT2D eigenvalue weighted by Crippen LogP contribution is 2.42. The van der Waals surface area contributed by atoms with Gasteiger partial charge in [-0.3, -0.25) is 4.79 Å². The molecule has 43 heavy (non-hydrogen) atoms.